The Morgan fingerprint density at radius 2 is 1.79 bits per heavy atom. The highest BCUT2D eigenvalue weighted by atomic mass is 35.5. The first-order chi connectivity index (χ1) is 18.4. The van der Waals surface area contributed by atoms with E-state index in [9.17, 15) is 18.0 Å². The molecule has 0 unspecified atom stereocenters. The summed E-state index contributed by atoms with van der Waals surface area (Å²) >= 11 is 12.7. The van der Waals surface area contributed by atoms with Gasteiger partial charge < -0.3 is 14.6 Å². The Hall–Kier alpha value is -2.75. The van der Waals surface area contributed by atoms with Crippen molar-refractivity contribution >= 4 is 55.9 Å². The largest absolute Gasteiger partial charge is 0.494 e. The van der Waals surface area contributed by atoms with E-state index in [4.69, 9.17) is 27.9 Å². The van der Waals surface area contributed by atoms with E-state index >= 15 is 0 Å². The lowest BCUT2D eigenvalue weighted by Crippen LogP contribution is -2.41. The number of H-pyrrole nitrogens is 1. The first-order valence-electron chi connectivity index (χ1n) is 12.9. The summed E-state index contributed by atoms with van der Waals surface area (Å²) in [6.45, 7) is 6.77. The van der Waals surface area contributed by atoms with Crippen molar-refractivity contribution in [2.75, 3.05) is 25.4 Å². The second-order valence-corrected chi connectivity index (χ2v) is 12.7. The number of rotatable bonds is 9. The number of likely N-dealkylation sites (tertiary alicyclic amines) is 1. The molecule has 4 rings (SSSR count). The van der Waals surface area contributed by atoms with Crippen molar-refractivity contribution in [2.45, 2.75) is 46.5 Å². The van der Waals surface area contributed by atoms with Crippen molar-refractivity contribution in [2.24, 2.45) is 5.92 Å². The molecule has 2 heterocycles. The van der Waals surface area contributed by atoms with E-state index in [-0.39, 0.29) is 23.3 Å². The van der Waals surface area contributed by atoms with Gasteiger partial charge in [0.1, 0.15) is 11.4 Å². The number of aromatic amines is 1. The van der Waals surface area contributed by atoms with Gasteiger partial charge in [0.2, 0.25) is 15.9 Å². The normalized spacial score (nSPS) is 14.5. The molecule has 0 aliphatic carbocycles. The lowest BCUT2D eigenvalue weighted by Gasteiger charge is -2.31. The molecule has 39 heavy (non-hydrogen) atoms. The number of sulfonamides is 1. The predicted molar refractivity (Wildman–Crippen MR) is 154 cm³/mol. The number of hydrogen-bond donors (Lipinski definition) is 2. The third-order valence-corrected chi connectivity index (χ3v) is 9.43. The molecule has 0 radical (unpaired) electrons. The van der Waals surface area contributed by atoms with Crippen molar-refractivity contribution in [3.05, 3.63) is 62.8 Å². The van der Waals surface area contributed by atoms with Gasteiger partial charge in [-0.2, -0.15) is 0 Å². The van der Waals surface area contributed by atoms with Gasteiger partial charge in [-0.15, -0.1) is 0 Å². The van der Waals surface area contributed by atoms with Gasteiger partial charge in [0.15, 0.2) is 0 Å². The highest BCUT2D eigenvalue weighted by Gasteiger charge is 2.28. The minimum Gasteiger partial charge on any atom is -0.494 e. The highest BCUT2D eigenvalue weighted by molar-refractivity contribution is 7.90. The number of amides is 2. The summed E-state index contributed by atoms with van der Waals surface area (Å²) in [7, 11) is -3.90. The van der Waals surface area contributed by atoms with Gasteiger partial charge >= 0.3 is 0 Å². The Bertz CT molecular complexity index is 1470. The van der Waals surface area contributed by atoms with Gasteiger partial charge in [0.05, 0.1) is 17.4 Å². The van der Waals surface area contributed by atoms with E-state index in [1.807, 2.05) is 26.0 Å². The maximum Gasteiger partial charge on any atom is 0.281 e. The van der Waals surface area contributed by atoms with Crippen LogP contribution in [0.3, 0.4) is 0 Å². The number of carbonyl (C=O) groups is 2. The number of nitrogens with one attached hydrogen (secondary N) is 2. The monoisotopic (exact) mass is 593 g/mol. The molecule has 2 aromatic carbocycles. The second-order valence-electron chi connectivity index (χ2n) is 10.1. The van der Waals surface area contributed by atoms with Crippen LogP contribution in [0.1, 0.15) is 53.4 Å². The van der Waals surface area contributed by atoms with Crippen LogP contribution in [0.2, 0.25) is 10.0 Å². The zero-order valence-electron chi connectivity index (χ0n) is 22.3. The lowest BCUT2D eigenvalue weighted by molar-refractivity contribution is -0.130. The Morgan fingerprint density at radius 3 is 2.44 bits per heavy atom. The van der Waals surface area contributed by atoms with Crippen molar-refractivity contribution in [3.8, 4) is 5.75 Å². The smallest absolute Gasteiger partial charge is 0.281 e. The number of carbonyl (C=O) groups excluding carboxylic acids is 2. The Labute approximate surface area is 239 Å². The number of aryl methyl sites for hydroxylation is 3. The van der Waals surface area contributed by atoms with Gasteiger partial charge in [-0.25, -0.2) is 13.1 Å². The third-order valence-electron chi connectivity index (χ3n) is 7.12. The van der Waals surface area contributed by atoms with Crippen LogP contribution in [0.4, 0.5) is 0 Å². The van der Waals surface area contributed by atoms with Crippen molar-refractivity contribution in [3.63, 3.8) is 0 Å². The van der Waals surface area contributed by atoms with Gasteiger partial charge in [0, 0.05) is 35.9 Å². The molecule has 2 N–H and O–H groups in total. The number of fused-ring (bicyclic) bond motifs is 1. The maximum absolute atomic E-state index is 13.2. The molecule has 2 amide bonds. The van der Waals surface area contributed by atoms with E-state index in [1.165, 1.54) is 6.92 Å². The van der Waals surface area contributed by atoms with E-state index < -0.39 is 15.9 Å². The number of halogens is 2. The van der Waals surface area contributed by atoms with Crippen LogP contribution in [0, 0.1) is 19.8 Å². The zero-order valence-corrected chi connectivity index (χ0v) is 24.6. The summed E-state index contributed by atoms with van der Waals surface area (Å²) in [4.78, 5) is 29.6. The van der Waals surface area contributed by atoms with Gasteiger partial charge in [-0.05, 0) is 86.4 Å². The maximum atomic E-state index is 13.2. The molecule has 1 aliphatic heterocycles. The number of ether oxygens (including phenoxy) is 1. The fraction of sp³-hybridized carbons (Fsp3) is 0.429. The summed E-state index contributed by atoms with van der Waals surface area (Å²) in [5.41, 5.74) is 3.33. The Kier molecular flexibility index (Phi) is 9.14. The molecular formula is C28H33Cl2N3O5S. The molecule has 0 spiro atoms. The zero-order chi connectivity index (χ0) is 28.3. The summed E-state index contributed by atoms with van der Waals surface area (Å²) in [5, 5.41) is 1.88. The molecule has 1 saturated heterocycles. The van der Waals surface area contributed by atoms with Crippen LogP contribution in [0.25, 0.3) is 10.9 Å². The summed E-state index contributed by atoms with van der Waals surface area (Å²) < 4.78 is 34.0. The molecular weight excluding hydrogens is 561 g/mol. The molecule has 0 bridgehead atoms. The van der Waals surface area contributed by atoms with Crippen LogP contribution in [0.15, 0.2) is 30.3 Å². The Balaban J connectivity index is 1.45. The number of nitrogens with zero attached hydrogens (tertiary/aromatic N) is 1. The SMILES string of the molecule is CC(=O)N1CCC(CS(=O)(=O)NC(=O)c2[nH]c3cccc(Cl)c3c2CCCOc2cc(C)c(Cl)c(C)c2)CC1. The van der Waals surface area contributed by atoms with Crippen LogP contribution < -0.4 is 9.46 Å². The second kappa shape index (κ2) is 12.2. The number of hydrogen-bond acceptors (Lipinski definition) is 5. The average Bonchev–Trinajstić information content (AvgIpc) is 3.25. The molecule has 1 fully saturated rings. The molecule has 1 aliphatic rings. The fourth-order valence-corrected chi connectivity index (χ4v) is 6.92. The van der Waals surface area contributed by atoms with E-state index in [2.05, 4.69) is 9.71 Å². The average molecular weight is 595 g/mol. The Morgan fingerprint density at radius 1 is 1.13 bits per heavy atom. The highest BCUT2D eigenvalue weighted by Crippen LogP contribution is 2.31. The van der Waals surface area contributed by atoms with E-state index in [1.54, 1.807) is 23.1 Å². The predicted octanol–water partition coefficient (Wildman–Crippen LogP) is 5.42. The third kappa shape index (κ3) is 7.07. The van der Waals surface area contributed by atoms with Gasteiger partial charge in [-0.3, -0.25) is 9.59 Å². The van der Waals surface area contributed by atoms with Crippen molar-refractivity contribution < 1.29 is 22.7 Å². The molecule has 11 heteroatoms. The minimum atomic E-state index is -3.90. The lowest BCUT2D eigenvalue weighted by atomic mass is 9.99. The van der Waals surface area contributed by atoms with Crippen molar-refractivity contribution in [1.29, 1.82) is 0 Å². The standard InChI is InChI=1S/C28H33Cl2N3O5S/c1-17-14-21(15-18(2)26(17)30)38-13-5-6-22-25-23(29)7-4-8-24(25)31-27(22)28(35)32-39(36,37)16-20-9-11-33(12-10-20)19(3)34/h4,7-8,14-15,20,31H,5-6,9-13,16H2,1-3H3,(H,32,35). The van der Waals surface area contributed by atoms with E-state index in [0.29, 0.717) is 77.6 Å². The minimum absolute atomic E-state index is 0.0154. The van der Waals surface area contributed by atoms with Crippen LogP contribution in [0.5, 0.6) is 5.75 Å². The number of piperidine rings is 1. The quantitative estimate of drug-likeness (QED) is 0.322. The van der Waals surface area contributed by atoms with Gasteiger partial charge in [0.25, 0.3) is 5.91 Å². The van der Waals surface area contributed by atoms with E-state index in [0.717, 1.165) is 11.1 Å². The van der Waals surface area contributed by atoms with Gasteiger partial charge in [-0.1, -0.05) is 29.3 Å². The summed E-state index contributed by atoms with van der Waals surface area (Å²) in [6.07, 6.45) is 2.17. The first-order valence-corrected chi connectivity index (χ1v) is 15.3. The van der Waals surface area contributed by atoms with Crippen LogP contribution in [-0.2, 0) is 21.2 Å². The van der Waals surface area contributed by atoms with Crippen LogP contribution >= 0.6 is 23.2 Å². The fourth-order valence-electron chi connectivity index (χ4n) is 5.10. The summed E-state index contributed by atoms with van der Waals surface area (Å²) in [6, 6.07) is 9.07. The molecule has 0 atom stereocenters. The molecule has 0 saturated carbocycles. The topological polar surface area (TPSA) is 109 Å². The van der Waals surface area contributed by atoms with Crippen molar-refractivity contribution in [1.82, 2.24) is 14.6 Å². The molecule has 3 aromatic rings. The summed E-state index contributed by atoms with van der Waals surface area (Å²) in [5.74, 6) is -0.319. The molecule has 210 valence electrons. The molecule has 1 aromatic heterocycles. The van der Waals surface area contributed by atoms with Crippen LogP contribution in [-0.4, -0.2) is 55.6 Å². The first kappa shape index (κ1) is 29.2. The number of aromatic nitrogens is 1. The number of benzene rings is 2. The molecule has 8 nitrogen and oxygen atoms in total.